The molecule has 4 heterocycles. The Morgan fingerprint density at radius 1 is 1.35 bits per heavy atom. The van der Waals surface area contributed by atoms with E-state index >= 15 is 0 Å². The Kier molecular flexibility index (Phi) is 4.31. The van der Waals surface area contributed by atoms with E-state index in [0.717, 1.165) is 23.5 Å². The molecule has 1 atom stereocenters. The van der Waals surface area contributed by atoms with E-state index < -0.39 is 0 Å². The summed E-state index contributed by atoms with van der Waals surface area (Å²) in [6, 6.07) is 4.08. The van der Waals surface area contributed by atoms with E-state index in [9.17, 15) is 0 Å². The number of aromatic nitrogens is 3. The third-order valence-electron chi connectivity index (χ3n) is 5.13. The van der Waals surface area contributed by atoms with Crippen LogP contribution in [-0.2, 0) is 16.5 Å². The van der Waals surface area contributed by atoms with Crippen molar-refractivity contribution in [2.45, 2.75) is 18.6 Å². The first-order valence-electron chi connectivity index (χ1n) is 8.65. The van der Waals surface area contributed by atoms with Crippen molar-refractivity contribution in [3.8, 4) is 17.7 Å². The predicted molar refractivity (Wildman–Crippen MR) is 96.3 cm³/mol. The van der Waals surface area contributed by atoms with Crippen molar-refractivity contribution >= 4 is 5.69 Å². The third kappa shape index (κ3) is 2.81. The molecule has 2 aromatic heterocycles. The number of hydrogen-bond acceptors (Lipinski definition) is 6. The third-order valence-corrected chi connectivity index (χ3v) is 5.13. The van der Waals surface area contributed by atoms with Crippen LogP contribution in [0.15, 0.2) is 24.5 Å². The molecule has 2 aliphatic rings. The van der Waals surface area contributed by atoms with E-state index in [-0.39, 0.29) is 11.6 Å². The van der Waals surface area contributed by atoms with Gasteiger partial charge in [0.15, 0.2) is 0 Å². The molecule has 0 N–H and O–H groups in total. The lowest BCUT2D eigenvalue weighted by molar-refractivity contribution is -0.228. The smallest absolute Gasteiger partial charge is 0.237 e. The highest BCUT2D eigenvalue weighted by atomic mass is 16.6. The molecule has 2 fully saturated rings. The van der Waals surface area contributed by atoms with Crippen molar-refractivity contribution in [2.24, 2.45) is 7.05 Å². The lowest BCUT2D eigenvalue weighted by Crippen LogP contribution is -2.68. The van der Waals surface area contributed by atoms with Gasteiger partial charge in [0.2, 0.25) is 5.88 Å². The van der Waals surface area contributed by atoms with Crippen LogP contribution in [0.4, 0.5) is 5.69 Å². The van der Waals surface area contributed by atoms with E-state index in [0.29, 0.717) is 25.7 Å². The molecule has 136 valence electrons. The van der Waals surface area contributed by atoms with Gasteiger partial charge in [-0.3, -0.25) is 4.68 Å². The number of aryl methyl sites for hydroxylation is 1. The zero-order valence-electron chi connectivity index (χ0n) is 15.2. The summed E-state index contributed by atoms with van der Waals surface area (Å²) in [7, 11) is 3.51. The van der Waals surface area contributed by atoms with Crippen LogP contribution < -0.4 is 9.64 Å². The molecule has 26 heavy (non-hydrogen) atoms. The highest BCUT2D eigenvalue weighted by molar-refractivity contribution is 5.60. The number of nitrogens with zero attached hydrogens (tertiary/aromatic N) is 4. The number of anilines is 1. The van der Waals surface area contributed by atoms with Gasteiger partial charge in [0.25, 0.3) is 0 Å². The molecule has 0 radical (unpaired) electrons. The maximum atomic E-state index is 6.01. The molecule has 0 amide bonds. The van der Waals surface area contributed by atoms with Crippen LogP contribution >= 0.6 is 0 Å². The minimum Gasteiger partial charge on any atom is -0.480 e. The Bertz CT molecular complexity index is 863. The van der Waals surface area contributed by atoms with Crippen molar-refractivity contribution in [2.75, 3.05) is 38.4 Å². The van der Waals surface area contributed by atoms with E-state index in [4.69, 9.17) is 14.2 Å². The van der Waals surface area contributed by atoms with E-state index in [1.807, 2.05) is 19.2 Å². The highest BCUT2D eigenvalue weighted by Crippen LogP contribution is 2.38. The lowest BCUT2D eigenvalue weighted by atomic mass is 9.90. The molecule has 0 bridgehead atoms. The SMILES string of the molecule is COc1ncc(C#Cc2ccnn2C)cc1N1CCOC2(COC2)C1C. The van der Waals surface area contributed by atoms with E-state index in [1.54, 1.807) is 24.2 Å². The first-order chi connectivity index (χ1) is 12.6. The van der Waals surface area contributed by atoms with Crippen LogP contribution in [0.5, 0.6) is 5.88 Å². The van der Waals surface area contributed by atoms with Crippen LogP contribution in [-0.4, -0.2) is 59.9 Å². The van der Waals surface area contributed by atoms with Crippen molar-refractivity contribution in [1.29, 1.82) is 0 Å². The molecule has 0 aromatic carbocycles. The lowest BCUT2D eigenvalue weighted by Gasteiger charge is -2.53. The highest BCUT2D eigenvalue weighted by Gasteiger charge is 2.50. The summed E-state index contributed by atoms with van der Waals surface area (Å²) >= 11 is 0. The number of ether oxygens (including phenoxy) is 3. The first-order valence-corrected chi connectivity index (χ1v) is 8.65. The molecular weight excluding hydrogens is 332 g/mol. The monoisotopic (exact) mass is 354 g/mol. The number of methoxy groups -OCH3 is 1. The summed E-state index contributed by atoms with van der Waals surface area (Å²) in [5, 5.41) is 4.13. The Morgan fingerprint density at radius 2 is 2.19 bits per heavy atom. The van der Waals surface area contributed by atoms with Crippen LogP contribution in [0.1, 0.15) is 18.2 Å². The Balaban J connectivity index is 1.67. The van der Waals surface area contributed by atoms with Gasteiger partial charge < -0.3 is 19.1 Å². The van der Waals surface area contributed by atoms with Gasteiger partial charge in [-0.15, -0.1) is 0 Å². The van der Waals surface area contributed by atoms with E-state index in [1.165, 1.54) is 0 Å². The predicted octanol–water partition coefficient (Wildman–Crippen LogP) is 1.22. The molecule has 2 saturated heterocycles. The molecule has 4 rings (SSSR count). The molecule has 0 aliphatic carbocycles. The Morgan fingerprint density at radius 3 is 2.85 bits per heavy atom. The molecule has 1 unspecified atom stereocenters. The van der Waals surface area contributed by atoms with Crippen molar-refractivity contribution in [3.05, 3.63) is 35.8 Å². The average Bonchev–Trinajstić information content (AvgIpc) is 3.03. The maximum Gasteiger partial charge on any atom is 0.237 e. The fourth-order valence-corrected chi connectivity index (χ4v) is 3.41. The van der Waals surface area contributed by atoms with Crippen molar-refractivity contribution in [3.63, 3.8) is 0 Å². The topological polar surface area (TPSA) is 61.6 Å². The Hall–Kier alpha value is -2.56. The largest absolute Gasteiger partial charge is 0.480 e. The number of hydrogen-bond donors (Lipinski definition) is 0. The summed E-state index contributed by atoms with van der Waals surface area (Å²) in [5.41, 5.74) is 2.39. The van der Waals surface area contributed by atoms with Crippen LogP contribution in [0.2, 0.25) is 0 Å². The minimum atomic E-state index is -0.236. The van der Waals surface area contributed by atoms with Gasteiger partial charge in [0.1, 0.15) is 17.0 Å². The summed E-state index contributed by atoms with van der Waals surface area (Å²) in [5.74, 6) is 6.90. The van der Waals surface area contributed by atoms with Gasteiger partial charge >= 0.3 is 0 Å². The number of morpholine rings is 1. The Labute approximate surface area is 152 Å². The minimum absolute atomic E-state index is 0.168. The van der Waals surface area contributed by atoms with Crippen LogP contribution in [0.25, 0.3) is 0 Å². The van der Waals surface area contributed by atoms with Gasteiger partial charge in [0.05, 0.1) is 39.2 Å². The van der Waals surface area contributed by atoms with Gasteiger partial charge in [-0.25, -0.2) is 4.98 Å². The van der Waals surface area contributed by atoms with Crippen LogP contribution in [0, 0.1) is 11.8 Å². The van der Waals surface area contributed by atoms with Gasteiger partial charge in [0, 0.05) is 25.4 Å². The number of rotatable bonds is 2. The zero-order chi connectivity index (χ0) is 18.1. The second kappa shape index (κ2) is 6.63. The molecular formula is C19H22N4O3. The molecule has 1 spiro atoms. The average molecular weight is 354 g/mol. The van der Waals surface area contributed by atoms with Crippen molar-refractivity contribution in [1.82, 2.24) is 14.8 Å². The van der Waals surface area contributed by atoms with Gasteiger partial charge in [-0.2, -0.15) is 5.10 Å². The maximum absolute atomic E-state index is 6.01. The van der Waals surface area contributed by atoms with Gasteiger partial charge in [-0.05, 0) is 25.0 Å². The van der Waals surface area contributed by atoms with Crippen molar-refractivity contribution < 1.29 is 14.2 Å². The summed E-state index contributed by atoms with van der Waals surface area (Å²) in [6.45, 7) is 4.84. The van der Waals surface area contributed by atoms with Gasteiger partial charge in [-0.1, -0.05) is 5.92 Å². The fraction of sp³-hybridized carbons (Fsp3) is 0.474. The molecule has 7 heteroatoms. The first kappa shape index (κ1) is 16.9. The summed E-state index contributed by atoms with van der Waals surface area (Å²) in [4.78, 5) is 6.74. The second-order valence-corrected chi connectivity index (χ2v) is 6.62. The quantitative estimate of drug-likeness (QED) is 0.756. The second-order valence-electron chi connectivity index (χ2n) is 6.62. The van der Waals surface area contributed by atoms with Crippen LogP contribution in [0.3, 0.4) is 0 Å². The molecule has 2 aromatic rings. The number of pyridine rings is 1. The summed E-state index contributed by atoms with van der Waals surface area (Å²) < 4.78 is 18.7. The summed E-state index contributed by atoms with van der Waals surface area (Å²) in [6.07, 6.45) is 3.47. The zero-order valence-corrected chi connectivity index (χ0v) is 15.2. The fourth-order valence-electron chi connectivity index (χ4n) is 3.41. The molecule has 7 nitrogen and oxygen atoms in total. The molecule has 2 aliphatic heterocycles. The van der Waals surface area contributed by atoms with E-state index in [2.05, 4.69) is 33.7 Å². The standard InChI is InChI=1S/C19H22N4O3/c1-14-19(12-25-13-19)26-9-8-23(14)17-10-15(11-20-18(17)24-3)4-5-16-6-7-21-22(16)2/h6-7,10-11,14H,8-9,12-13H2,1-3H3. The molecule has 0 saturated carbocycles. The normalized spacial score (nSPS) is 21.0.